The molecule has 0 fully saturated rings. The van der Waals surface area contributed by atoms with E-state index >= 15 is 0 Å². The number of nitrogens with two attached hydrogens (primary N) is 1. The molecule has 0 spiro atoms. The number of thiazole rings is 1. The smallest absolute Gasteiger partial charge is 0.255 e. The van der Waals surface area contributed by atoms with Gasteiger partial charge in [0.1, 0.15) is 5.01 Å². The van der Waals surface area contributed by atoms with E-state index in [1.807, 2.05) is 42.5 Å². The van der Waals surface area contributed by atoms with Gasteiger partial charge < -0.3 is 11.1 Å². The van der Waals surface area contributed by atoms with E-state index < -0.39 is 0 Å². The molecule has 0 saturated heterocycles. The van der Waals surface area contributed by atoms with Gasteiger partial charge in [-0.05, 0) is 42.0 Å². The van der Waals surface area contributed by atoms with Gasteiger partial charge in [0.2, 0.25) is 0 Å². The van der Waals surface area contributed by atoms with Crippen LogP contribution in [0, 0.1) is 0 Å². The van der Waals surface area contributed by atoms with Crippen LogP contribution in [0.3, 0.4) is 0 Å². The van der Waals surface area contributed by atoms with E-state index in [4.69, 9.17) is 18.4 Å². The number of carbonyl (C=O) groups excluding carboxylic acids is 1. The SMILES string of the molecule is Nc1ccccc1NC(=O)c1ccc(C(S)c2nc3ccccc3s2)cc1. The van der Waals surface area contributed by atoms with Crippen LogP contribution >= 0.6 is 24.0 Å². The summed E-state index contributed by atoms with van der Waals surface area (Å²) in [5.41, 5.74) is 9.55. The molecule has 0 saturated carbocycles. The molecule has 1 unspecified atom stereocenters. The Hall–Kier alpha value is -2.83. The van der Waals surface area contributed by atoms with Crippen LogP contribution < -0.4 is 11.1 Å². The van der Waals surface area contributed by atoms with Crippen LogP contribution in [0.4, 0.5) is 11.4 Å². The number of rotatable bonds is 4. The van der Waals surface area contributed by atoms with Crippen LogP contribution in [-0.2, 0) is 0 Å². The molecular formula is C21H17N3OS2. The molecule has 3 aromatic carbocycles. The highest BCUT2D eigenvalue weighted by Crippen LogP contribution is 2.34. The van der Waals surface area contributed by atoms with Crippen molar-refractivity contribution in [1.82, 2.24) is 4.98 Å². The van der Waals surface area contributed by atoms with Gasteiger partial charge >= 0.3 is 0 Å². The van der Waals surface area contributed by atoms with Crippen LogP contribution in [0.25, 0.3) is 10.2 Å². The Bertz CT molecular complexity index is 1070. The second kappa shape index (κ2) is 7.42. The lowest BCUT2D eigenvalue weighted by atomic mass is 10.1. The first kappa shape index (κ1) is 17.6. The minimum absolute atomic E-state index is 0.135. The van der Waals surface area contributed by atoms with E-state index in [-0.39, 0.29) is 11.2 Å². The van der Waals surface area contributed by atoms with Gasteiger partial charge in [0.05, 0.1) is 26.8 Å². The fraction of sp³-hybridized carbons (Fsp3) is 0.0476. The molecular weight excluding hydrogens is 374 g/mol. The van der Waals surface area contributed by atoms with E-state index in [1.165, 1.54) is 0 Å². The molecule has 0 aliphatic carbocycles. The second-order valence-corrected chi connectivity index (χ2v) is 7.66. The Morgan fingerprint density at radius 3 is 2.44 bits per heavy atom. The van der Waals surface area contributed by atoms with Gasteiger partial charge in [-0.3, -0.25) is 4.79 Å². The maximum absolute atomic E-state index is 12.4. The lowest BCUT2D eigenvalue weighted by molar-refractivity contribution is 0.102. The summed E-state index contributed by atoms with van der Waals surface area (Å²) in [6, 6.07) is 22.6. The number of nitrogens with zero attached hydrogens (tertiary/aromatic N) is 1. The first-order valence-corrected chi connectivity index (χ1v) is 9.74. The van der Waals surface area contributed by atoms with Gasteiger partial charge in [0.15, 0.2) is 0 Å². The Morgan fingerprint density at radius 2 is 1.70 bits per heavy atom. The van der Waals surface area contributed by atoms with E-state index in [1.54, 1.807) is 35.6 Å². The summed E-state index contributed by atoms with van der Waals surface area (Å²) in [6.45, 7) is 0. The summed E-state index contributed by atoms with van der Waals surface area (Å²) < 4.78 is 1.14. The third-order valence-corrected chi connectivity index (χ3v) is 6.06. The molecule has 1 aromatic heterocycles. The molecule has 1 atom stereocenters. The van der Waals surface area contributed by atoms with E-state index in [9.17, 15) is 4.79 Å². The number of nitrogens with one attached hydrogen (secondary N) is 1. The third kappa shape index (κ3) is 3.67. The van der Waals surface area contributed by atoms with Crippen molar-refractivity contribution in [3.63, 3.8) is 0 Å². The molecule has 4 nitrogen and oxygen atoms in total. The van der Waals surface area contributed by atoms with Crippen LogP contribution in [0.1, 0.15) is 26.2 Å². The van der Waals surface area contributed by atoms with Crippen molar-refractivity contribution in [3.8, 4) is 0 Å². The zero-order valence-corrected chi connectivity index (χ0v) is 16.0. The number of nitrogen functional groups attached to an aromatic ring is 1. The molecule has 1 amide bonds. The molecule has 4 rings (SSSR count). The lowest BCUT2D eigenvalue weighted by Gasteiger charge is -2.10. The van der Waals surface area contributed by atoms with E-state index in [0.29, 0.717) is 16.9 Å². The molecule has 0 bridgehead atoms. The van der Waals surface area contributed by atoms with Crippen molar-refractivity contribution in [3.05, 3.63) is 88.9 Å². The normalized spacial score (nSPS) is 12.0. The Balaban J connectivity index is 1.52. The van der Waals surface area contributed by atoms with Crippen LogP contribution in [0.15, 0.2) is 72.8 Å². The maximum atomic E-state index is 12.4. The standard InChI is InChI=1S/C21H17N3OS2/c22-15-5-1-2-6-16(15)23-20(25)14-11-9-13(10-12-14)19(26)21-24-17-7-3-4-8-18(17)27-21/h1-12,19,26H,22H2,(H,23,25). The number of carbonyl (C=O) groups is 1. The summed E-state index contributed by atoms with van der Waals surface area (Å²) in [6.07, 6.45) is 0. The highest BCUT2D eigenvalue weighted by atomic mass is 32.1. The van der Waals surface area contributed by atoms with Crippen LogP contribution in [0.2, 0.25) is 0 Å². The summed E-state index contributed by atoms with van der Waals surface area (Å²) in [5.74, 6) is -0.199. The lowest BCUT2D eigenvalue weighted by Crippen LogP contribution is -2.13. The number of fused-ring (bicyclic) bond motifs is 1. The average Bonchev–Trinajstić information content (AvgIpc) is 3.13. The molecule has 134 valence electrons. The Kier molecular flexibility index (Phi) is 4.83. The molecule has 0 aliphatic rings. The number of anilines is 2. The molecule has 1 heterocycles. The van der Waals surface area contributed by atoms with Crippen molar-refractivity contribution in [2.75, 3.05) is 11.1 Å². The molecule has 4 aromatic rings. The largest absolute Gasteiger partial charge is 0.397 e. The summed E-state index contributed by atoms with van der Waals surface area (Å²) >= 11 is 6.36. The molecule has 0 radical (unpaired) electrons. The van der Waals surface area contributed by atoms with E-state index in [0.717, 1.165) is 20.8 Å². The van der Waals surface area contributed by atoms with Gasteiger partial charge in [-0.1, -0.05) is 36.4 Å². The third-order valence-electron chi connectivity index (χ3n) is 4.24. The number of hydrogen-bond donors (Lipinski definition) is 3. The van der Waals surface area contributed by atoms with E-state index in [2.05, 4.69) is 16.4 Å². The molecule has 6 heteroatoms. The van der Waals surface area contributed by atoms with Crippen molar-refractivity contribution in [2.24, 2.45) is 0 Å². The van der Waals surface area contributed by atoms with Crippen molar-refractivity contribution in [1.29, 1.82) is 0 Å². The van der Waals surface area contributed by atoms with Gasteiger partial charge in [-0.15, -0.1) is 11.3 Å². The number of para-hydroxylation sites is 3. The van der Waals surface area contributed by atoms with Crippen LogP contribution in [0.5, 0.6) is 0 Å². The van der Waals surface area contributed by atoms with Gasteiger partial charge in [0.25, 0.3) is 5.91 Å². The fourth-order valence-electron chi connectivity index (χ4n) is 2.77. The first-order chi connectivity index (χ1) is 13.1. The number of hydrogen-bond acceptors (Lipinski definition) is 5. The molecule has 0 aliphatic heterocycles. The number of aromatic nitrogens is 1. The summed E-state index contributed by atoms with van der Waals surface area (Å²) in [5, 5.41) is 3.64. The van der Waals surface area contributed by atoms with Crippen molar-refractivity contribution < 1.29 is 4.79 Å². The molecule has 3 N–H and O–H groups in total. The first-order valence-electron chi connectivity index (χ1n) is 8.41. The number of thiol groups is 1. The van der Waals surface area contributed by atoms with Gasteiger partial charge in [-0.2, -0.15) is 12.6 Å². The predicted molar refractivity (Wildman–Crippen MR) is 116 cm³/mol. The highest BCUT2D eigenvalue weighted by Gasteiger charge is 2.15. The Labute approximate surface area is 166 Å². The monoisotopic (exact) mass is 391 g/mol. The van der Waals surface area contributed by atoms with Crippen molar-refractivity contribution >= 4 is 51.5 Å². The zero-order valence-electron chi connectivity index (χ0n) is 14.3. The topological polar surface area (TPSA) is 68.0 Å². The van der Waals surface area contributed by atoms with Gasteiger partial charge in [-0.25, -0.2) is 4.98 Å². The second-order valence-electron chi connectivity index (χ2n) is 6.09. The minimum Gasteiger partial charge on any atom is -0.397 e. The Morgan fingerprint density at radius 1 is 1.00 bits per heavy atom. The summed E-state index contributed by atoms with van der Waals surface area (Å²) in [4.78, 5) is 17.1. The summed E-state index contributed by atoms with van der Waals surface area (Å²) in [7, 11) is 0. The average molecular weight is 392 g/mol. The van der Waals surface area contributed by atoms with Crippen molar-refractivity contribution in [2.45, 2.75) is 5.25 Å². The fourth-order valence-corrected chi connectivity index (χ4v) is 4.14. The predicted octanol–water partition coefficient (Wildman–Crippen LogP) is 5.15. The quantitative estimate of drug-likeness (QED) is 0.333. The number of amides is 1. The van der Waals surface area contributed by atoms with Gasteiger partial charge in [0, 0.05) is 5.56 Å². The molecule has 27 heavy (non-hydrogen) atoms. The highest BCUT2D eigenvalue weighted by molar-refractivity contribution is 7.81. The maximum Gasteiger partial charge on any atom is 0.255 e. The zero-order chi connectivity index (χ0) is 18.8. The number of benzene rings is 3. The minimum atomic E-state index is -0.199. The van der Waals surface area contributed by atoms with Crippen LogP contribution in [-0.4, -0.2) is 10.9 Å².